The second-order valence-corrected chi connectivity index (χ2v) is 2.90. The first-order chi connectivity index (χ1) is 5.88. The minimum Gasteiger partial charge on any atom is -0.248 e. The van der Waals surface area contributed by atoms with Crippen molar-refractivity contribution in [2.24, 2.45) is 0 Å². The van der Waals surface area contributed by atoms with Crippen molar-refractivity contribution in [3.8, 4) is 17.3 Å². The van der Waals surface area contributed by atoms with Crippen LogP contribution in [0.4, 0.5) is 0 Å². The number of pyridine rings is 1. The molecule has 2 aliphatic rings. The maximum absolute atomic E-state index is 8.63. The van der Waals surface area contributed by atoms with Gasteiger partial charge in [0, 0.05) is 10.9 Å². The zero-order chi connectivity index (χ0) is 8.13. The number of benzene rings is 1. The summed E-state index contributed by atoms with van der Waals surface area (Å²) in [7, 11) is 0. The van der Waals surface area contributed by atoms with E-state index in [9.17, 15) is 0 Å². The molecule has 0 bridgehead atoms. The molecular weight excluding hydrogens is 148 g/mol. The summed E-state index contributed by atoms with van der Waals surface area (Å²) in [4.78, 5) is 4.31. The summed E-state index contributed by atoms with van der Waals surface area (Å²) in [6, 6.07) is 9.77. The first-order valence-corrected chi connectivity index (χ1v) is 3.74. The van der Waals surface area contributed by atoms with Crippen molar-refractivity contribution >= 4 is 10.9 Å². The molecule has 0 saturated heterocycles. The van der Waals surface area contributed by atoms with Crippen LogP contribution in [0, 0.1) is 11.3 Å². The van der Waals surface area contributed by atoms with Gasteiger partial charge in [0.2, 0.25) is 0 Å². The lowest BCUT2D eigenvalue weighted by Crippen LogP contribution is -1.73. The van der Waals surface area contributed by atoms with Gasteiger partial charge in [-0.25, -0.2) is 4.98 Å². The van der Waals surface area contributed by atoms with E-state index >= 15 is 0 Å². The summed E-state index contributed by atoms with van der Waals surface area (Å²) in [5.74, 6) is 0. The Hall–Kier alpha value is -1.88. The van der Waals surface area contributed by atoms with Gasteiger partial charge in [0.1, 0.15) is 0 Å². The van der Waals surface area contributed by atoms with E-state index in [1.165, 1.54) is 10.9 Å². The van der Waals surface area contributed by atoms with Crippen molar-refractivity contribution in [1.29, 1.82) is 5.26 Å². The number of hydrogen-bond donors (Lipinski definition) is 0. The summed E-state index contributed by atoms with van der Waals surface area (Å²) < 4.78 is 0. The normalized spacial score (nSPS) is 11.2. The van der Waals surface area contributed by atoms with Crippen molar-refractivity contribution in [3.63, 3.8) is 0 Å². The van der Waals surface area contributed by atoms with Crippen molar-refractivity contribution in [2.75, 3.05) is 0 Å². The third-order valence-corrected chi connectivity index (χ3v) is 2.13. The second kappa shape index (κ2) is 1.64. The van der Waals surface area contributed by atoms with Gasteiger partial charge >= 0.3 is 0 Å². The average molecular weight is 152 g/mol. The quantitative estimate of drug-likeness (QED) is 0.494. The van der Waals surface area contributed by atoms with Gasteiger partial charge in [0.25, 0.3) is 0 Å². The predicted molar refractivity (Wildman–Crippen MR) is 45.5 cm³/mol. The highest BCUT2D eigenvalue weighted by Gasteiger charge is 2.19. The molecule has 2 nitrogen and oxygen atoms in total. The SMILES string of the molecule is N#Cc1ccc2c3cc-3nc2c1. The molecule has 0 fully saturated rings. The van der Waals surface area contributed by atoms with Crippen LogP contribution in [-0.2, 0) is 0 Å². The molecule has 1 aromatic rings. The number of nitrogens with zero attached hydrogens (tertiary/aromatic N) is 2. The van der Waals surface area contributed by atoms with E-state index in [0.717, 1.165) is 11.2 Å². The van der Waals surface area contributed by atoms with Crippen LogP contribution in [0.15, 0.2) is 24.3 Å². The number of rotatable bonds is 0. The van der Waals surface area contributed by atoms with E-state index in [-0.39, 0.29) is 0 Å². The third-order valence-electron chi connectivity index (χ3n) is 2.13. The minimum absolute atomic E-state index is 0.681. The van der Waals surface area contributed by atoms with Gasteiger partial charge in [-0.05, 0) is 18.2 Å². The Kier molecular flexibility index (Phi) is 0.785. The lowest BCUT2D eigenvalue weighted by atomic mass is 10.2. The highest BCUT2D eigenvalue weighted by molar-refractivity contribution is 6.04. The Morgan fingerprint density at radius 3 is 3.00 bits per heavy atom. The zero-order valence-corrected chi connectivity index (χ0v) is 6.20. The summed E-state index contributed by atoms with van der Waals surface area (Å²) >= 11 is 0. The number of aromatic nitrogens is 1. The highest BCUT2D eigenvalue weighted by atomic mass is 14.7. The Morgan fingerprint density at radius 1 is 1.25 bits per heavy atom. The standard InChI is InChI=1S/C10H4N2/c11-5-6-1-2-7-8-4-10(8)12-9(7)3-6/h1-4H. The second-order valence-electron chi connectivity index (χ2n) is 2.90. The Bertz CT molecular complexity index is 535. The van der Waals surface area contributed by atoms with Crippen LogP contribution in [0.25, 0.3) is 22.2 Å². The monoisotopic (exact) mass is 152 g/mol. The molecule has 12 heavy (non-hydrogen) atoms. The van der Waals surface area contributed by atoms with Gasteiger partial charge in [-0.1, -0.05) is 6.07 Å². The first kappa shape index (κ1) is 5.73. The minimum atomic E-state index is 0.681. The topological polar surface area (TPSA) is 36.7 Å². The molecule has 0 aromatic heterocycles. The summed E-state index contributed by atoms with van der Waals surface area (Å²) in [5.41, 5.74) is 3.95. The van der Waals surface area contributed by atoms with Crippen molar-refractivity contribution < 1.29 is 0 Å². The molecule has 1 aliphatic heterocycles. The average Bonchev–Trinajstić information content (AvgIpc) is 2.78. The first-order valence-electron chi connectivity index (χ1n) is 3.74. The maximum Gasteiger partial charge on any atom is 0.0992 e. The van der Waals surface area contributed by atoms with Gasteiger partial charge < -0.3 is 0 Å². The van der Waals surface area contributed by atoms with Crippen LogP contribution < -0.4 is 0 Å². The van der Waals surface area contributed by atoms with Gasteiger partial charge in [-0.15, -0.1) is 0 Å². The van der Waals surface area contributed by atoms with Crippen LogP contribution >= 0.6 is 0 Å². The van der Waals surface area contributed by atoms with Crippen LogP contribution in [0.5, 0.6) is 0 Å². The smallest absolute Gasteiger partial charge is 0.0992 e. The molecule has 1 aromatic carbocycles. The molecule has 0 amide bonds. The molecule has 0 saturated carbocycles. The Balaban J connectivity index is 2.43. The summed E-state index contributed by atoms with van der Waals surface area (Å²) in [6.07, 6.45) is 0. The van der Waals surface area contributed by atoms with Crippen molar-refractivity contribution in [1.82, 2.24) is 4.98 Å². The maximum atomic E-state index is 8.63. The molecule has 2 heteroatoms. The molecule has 1 aliphatic carbocycles. The fourth-order valence-corrected chi connectivity index (χ4v) is 1.46. The molecule has 1 heterocycles. The van der Waals surface area contributed by atoms with E-state index in [1.54, 1.807) is 0 Å². The highest BCUT2D eigenvalue weighted by Crippen LogP contribution is 2.39. The lowest BCUT2D eigenvalue weighted by molar-refractivity contribution is 1.48. The molecule has 54 valence electrons. The van der Waals surface area contributed by atoms with Gasteiger partial charge in [0.15, 0.2) is 0 Å². The van der Waals surface area contributed by atoms with Crippen molar-refractivity contribution in [2.45, 2.75) is 0 Å². The molecular formula is C10H4N2. The molecule has 0 N–H and O–H groups in total. The molecule has 3 rings (SSSR count). The number of hydrogen-bond acceptors (Lipinski definition) is 2. The van der Waals surface area contributed by atoms with Crippen molar-refractivity contribution in [3.05, 3.63) is 29.8 Å². The predicted octanol–water partition coefficient (Wildman–Crippen LogP) is 2.09. The Morgan fingerprint density at radius 2 is 2.17 bits per heavy atom. The fourth-order valence-electron chi connectivity index (χ4n) is 1.46. The van der Waals surface area contributed by atoms with E-state index in [4.69, 9.17) is 5.26 Å². The molecule has 0 radical (unpaired) electrons. The molecule has 0 spiro atoms. The molecule has 0 unspecified atom stereocenters. The van der Waals surface area contributed by atoms with Gasteiger partial charge in [-0.2, -0.15) is 5.26 Å². The zero-order valence-electron chi connectivity index (χ0n) is 6.20. The Labute approximate surface area is 69.1 Å². The van der Waals surface area contributed by atoms with E-state index in [0.29, 0.717) is 5.56 Å². The molecule has 0 atom stereocenters. The summed E-state index contributed by atoms with van der Waals surface area (Å²) in [5, 5.41) is 9.80. The van der Waals surface area contributed by atoms with E-state index in [2.05, 4.69) is 11.1 Å². The fraction of sp³-hybridized carbons (Fsp3) is 0. The third kappa shape index (κ3) is 0.560. The van der Waals surface area contributed by atoms with Crippen LogP contribution in [0.3, 0.4) is 0 Å². The number of fused-ring (bicyclic) bond motifs is 3. The van der Waals surface area contributed by atoms with Crippen LogP contribution in [0.2, 0.25) is 0 Å². The van der Waals surface area contributed by atoms with Crippen LogP contribution in [-0.4, -0.2) is 4.98 Å². The van der Waals surface area contributed by atoms with E-state index in [1.807, 2.05) is 24.3 Å². The lowest BCUT2D eigenvalue weighted by Gasteiger charge is -1.88. The summed E-state index contributed by atoms with van der Waals surface area (Å²) in [6.45, 7) is 0. The number of nitriles is 1. The van der Waals surface area contributed by atoms with Gasteiger partial charge in [-0.3, -0.25) is 0 Å². The largest absolute Gasteiger partial charge is 0.248 e. The van der Waals surface area contributed by atoms with Gasteiger partial charge in [0.05, 0.1) is 22.8 Å². The van der Waals surface area contributed by atoms with Crippen LogP contribution in [0.1, 0.15) is 5.56 Å². The van der Waals surface area contributed by atoms with E-state index < -0.39 is 0 Å².